The average molecular weight is 261 g/mol. The van der Waals surface area contributed by atoms with Gasteiger partial charge < -0.3 is 4.57 Å². The van der Waals surface area contributed by atoms with Gasteiger partial charge >= 0.3 is 0 Å². The van der Waals surface area contributed by atoms with Crippen LogP contribution in [0.4, 0.5) is 0 Å². The Morgan fingerprint density at radius 2 is 1.65 bits per heavy atom. The van der Waals surface area contributed by atoms with Crippen molar-refractivity contribution in [2.24, 2.45) is 0 Å². The summed E-state index contributed by atoms with van der Waals surface area (Å²) in [6, 6.07) is 18.1. The van der Waals surface area contributed by atoms with Crippen molar-refractivity contribution in [2.75, 3.05) is 0 Å². The molecule has 1 heteroatoms. The first-order chi connectivity index (χ1) is 9.70. The molecule has 0 bridgehead atoms. The Labute approximate surface area is 119 Å². The molecule has 0 fully saturated rings. The van der Waals surface area contributed by atoms with Gasteiger partial charge in [-0.15, -0.1) is 0 Å². The van der Waals surface area contributed by atoms with Crippen molar-refractivity contribution >= 4 is 10.9 Å². The van der Waals surface area contributed by atoms with Crippen LogP contribution in [-0.4, -0.2) is 4.57 Å². The summed E-state index contributed by atoms with van der Waals surface area (Å²) in [6.45, 7) is 6.95. The van der Waals surface area contributed by atoms with Crippen molar-refractivity contribution in [2.45, 2.75) is 32.7 Å². The first-order valence-electron chi connectivity index (χ1n) is 7.39. The second-order valence-electron chi connectivity index (χ2n) is 5.97. The maximum atomic E-state index is 2.54. The normalized spacial score (nSPS) is 20.8. The molecule has 3 aromatic rings. The molecule has 100 valence electrons. The zero-order valence-electron chi connectivity index (χ0n) is 12.2. The summed E-state index contributed by atoms with van der Waals surface area (Å²) in [6.07, 6.45) is 0. The topological polar surface area (TPSA) is 4.93 Å². The van der Waals surface area contributed by atoms with E-state index in [4.69, 9.17) is 0 Å². The van der Waals surface area contributed by atoms with Gasteiger partial charge in [0.05, 0.1) is 5.52 Å². The van der Waals surface area contributed by atoms with Gasteiger partial charge in [0.15, 0.2) is 0 Å². The lowest BCUT2D eigenvalue weighted by Gasteiger charge is -2.16. The second-order valence-corrected chi connectivity index (χ2v) is 5.97. The summed E-state index contributed by atoms with van der Waals surface area (Å²) in [7, 11) is 0. The van der Waals surface area contributed by atoms with E-state index in [2.05, 4.69) is 73.9 Å². The van der Waals surface area contributed by atoms with Crippen molar-refractivity contribution in [3.05, 3.63) is 59.8 Å². The number of hydrogen-bond donors (Lipinski definition) is 0. The van der Waals surface area contributed by atoms with E-state index in [1.165, 1.54) is 33.3 Å². The van der Waals surface area contributed by atoms with Gasteiger partial charge in [-0.25, -0.2) is 0 Å². The fourth-order valence-electron chi connectivity index (χ4n) is 3.84. The molecular formula is C19H19N. The van der Waals surface area contributed by atoms with Crippen LogP contribution in [0.25, 0.3) is 22.0 Å². The van der Waals surface area contributed by atoms with Gasteiger partial charge in [-0.1, -0.05) is 55.5 Å². The van der Waals surface area contributed by atoms with Crippen LogP contribution >= 0.6 is 0 Å². The maximum absolute atomic E-state index is 2.54. The maximum Gasteiger partial charge on any atom is 0.0527 e. The molecule has 0 amide bonds. The fraction of sp³-hybridized carbons (Fsp3) is 0.263. The van der Waals surface area contributed by atoms with E-state index in [1.54, 1.807) is 0 Å². The van der Waals surface area contributed by atoms with Crippen molar-refractivity contribution in [3.8, 4) is 11.1 Å². The standard InChI is InChI=1S/C19H19N/c1-12-13(2)20-14(3)18(15-8-5-4-6-9-15)17-11-7-10-16(12)19(17)20/h4-13H,1-3H3/t12-,13-/m1/s1. The molecule has 1 nitrogen and oxygen atoms in total. The summed E-state index contributed by atoms with van der Waals surface area (Å²) < 4.78 is 2.54. The van der Waals surface area contributed by atoms with E-state index in [0.29, 0.717) is 12.0 Å². The molecule has 0 radical (unpaired) electrons. The highest BCUT2D eigenvalue weighted by atomic mass is 15.1. The third kappa shape index (κ3) is 1.33. The van der Waals surface area contributed by atoms with E-state index < -0.39 is 0 Å². The molecular weight excluding hydrogens is 242 g/mol. The molecule has 0 N–H and O–H groups in total. The van der Waals surface area contributed by atoms with Crippen LogP contribution in [0.3, 0.4) is 0 Å². The number of benzene rings is 2. The average Bonchev–Trinajstić information content (AvgIpc) is 2.91. The van der Waals surface area contributed by atoms with Gasteiger partial charge in [0, 0.05) is 28.6 Å². The first-order valence-corrected chi connectivity index (χ1v) is 7.39. The van der Waals surface area contributed by atoms with Gasteiger partial charge in [0.2, 0.25) is 0 Å². The largest absolute Gasteiger partial charge is 0.341 e. The third-order valence-corrected chi connectivity index (χ3v) is 4.98. The van der Waals surface area contributed by atoms with Crippen molar-refractivity contribution in [3.63, 3.8) is 0 Å². The number of nitrogens with zero attached hydrogens (tertiary/aromatic N) is 1. The van der Waals surface area contributed by atoms with Crippen molar-refractivity contribution < 1.29 is 0 Å². The van der Waals surface area contributed by atoms with Crippen LogP contribution in [0.1, 0.15) is 37.1 Å². The van der Waals surface area contributed by atoms with E-state index in [1.807, 2.05) is 0 Å². The van der Waals surface area contributed by atoms with E-state index >= 15 is 0 Å². The molecule has 1 aliphatic heterocycles. The highest BCUT2D eigenvalue weighted by Crippen LogP contribution is 2.47. The molecule has 0 aliphatic carbocycles. The number of aromatic nitrogens is 1. The highest BCUT2D eigenvalue weighted by Gasteiger charge is 2.31. The molecule has 2 atom stereocenters. The SMILES string of the molecule is Cc1c(-c2ccccc2)c2cccc3c2n1[C@H](C)[C@H]3C. The van der Waals surface area contributed by atoms with Gasteiger partial charge in [-0.3, -0.25) is 0 Å². The minimum atomic E-state index is 0.548. The number of para-hydroxylation sites is 1. The van der Waals surface area contributed by atoms with E-state index in [0.717, 1.165) is 0 Å². The predicted molar refractivity (Wildman–Crippen MR) is 85.2 cm³/mol. The van der Waals surface area contributed by atoms with Crippen LogP contribution < -0.4 is 0 Å². The molecule has 2 heterocycles. The van der Waals surface area contributed by atoms with Gasteiger partial charge in [-0.2, -0.15) is 0 Å². The van der Waals surface area contributed by atoms with Crippen LogP contribution in [-0.2, 0) is 0 Å². The second kappa shape index (κ2) is 3.99. The zero-order valence-corrected chi connectivity index (χ0v) is 12.2. The molecule has 4 rings (SSSR count). The molecule has 0 saturated carbocycles. The summed E-state index contributed by atoms with van der Waals surface area (Å²) in [5.74, 6) is 0.609. The number of rotatable bonds is 1. The minimum absolute atomic E-state index is 0.548. The molecule has 0 spiro atoms. The lowest BCUT2D eigenvalue weighted by molar-refractivity contribution is 0.507. The van der Waals surface area contributed by atoms with Crippen LogP contribution in [0.5, 0.6) is 0 Å². The van der Waals surface area contributed by atoms with Gasteiger partial charge in [-0.05, 0) is 25.0 Å². The molecule has 0 unspecified atom stereocenters. The van der Waals surface area contributed by atoms with Crippen LogP contribution in [0.15, 0.2) is 48.5 Å². The zero-order chi connectivity index (χ0) is 13.9. The molecule has 1 aliphatic rings. The van der Waals surface area contributed by atoms with Gasteiger partial charge in [0.1, 0.15) is 0 Å². The van der Waals surface area contributed by atoms with Crippen molar-refractivity contribution in [1.29, 1.82) is 0 Å². The summed E-state index contributed by atoms with van der Waals surface area (Å²) in [5.41, 5.74) is 7.08. The quantitative estimate of drug-likeness (QED) is 0.560. The lowest BCUT2D eigenvalue weighted by Crippen LogP contribution is -2.06. The fourth-order valence-corrected chi connectivity index (χ4v) is 3.84. The Hall–Kier alpha value is -2.02. The number of hydrogen-bond acceptors (Lipinski definition) is 0. The molecule has 2 aromatic carbocycles. The monoisotopic (exact) mass is 261 g/mol. The Morgan fingerprint density at radius 3 is 2.40 bits per heavy atom. The van der Waals surface area contributed by atoms with Crippen LogP contribution in [0.2, 0.25) is 0 Å². The lowest BCUT2D eigenvalue weighted by atomic mass is 9.94. The smallest absolute Gasteiger partial charge is 0.0527 e. The summed E-state index contributed by atoms with van der Waals surface area (Å²) in [5, 5.41) is 1.41. The first kappa shape index (κ1) is 11.8. The minimum Gasteiger partial charge on any atom is -0.341 e. The summed E-state index contributed by atoms with van der Waals surface area (Å²) >= 11 is 0. The Balaban J connectivity index is 2.14. The van der Waals surface area contributed by atoms with Gasteiger partial charge in [0.25, 0.3) is 0 Å². The van der Waals surface area contributed by atoms with Crippen LogP contribution in [0, 0.1) is 6.92 Å². The van der Waals surface area contributed by atoms with E-state index in [9.17, 15) is 0 Å². The Morgan fingerprint density at radius 1 is 0.900 bits per heavy atom. The Kier molecular flexibility index (Phi) is 2.35. The predicted octanol–water partition coefficient (Wildman–Crippen LogP) is 5.29. The summed E-state index contributed by atoms with van der Waals surface area (Å²) in [4.78, 5) is 0. The Bertz CT molecular complexity index is 795. The van der Waals surface area contributed by atoms with Crippen molar-refractivity contribution in [1.82, 2.24) is 4.57 Å². The highest BCUT2D eigenvalue weighted by molar-refractivity contribution is 6.00. The molecule has 1 aromatic heterocycles. The molecule has 0 saturated heterocycles. The van der Waals surface area contributed by atoms with E-state index in [-0.39, 0.29) is 0 Å². The third-order valence-electron chi connectivity index (χ3n) is 4.98. The molecule has 20 heavy (non-hydrogen) atoms.